The van der Waals surface area contributed by atoms with Crippen LogP contribution >= 0.6 is 11.6 Å². The third kappa shape index (κ3) is 5.21. The molecule has 0 spiro atoms. The molecule has 162 valence electrons. The fraction of sp³-hybridized carbons (Fsp3) is 0.136. The number of amides is 1. The molecule has 9 heteroatoms. The van der Waals surface area contributed by atoms with Gasteiger partial charge in [0.05, 0.1) is 10.6 Å². The van der Waals surface area contributed by atoms with E-state index in [-0.39, 0.29) is 16.3 Å². The molecule has 0 bridgehead atoms. The maximum absolute atomic E-state index is 13.4. The van der Waals surface area contributed by atoms with Crippen molar-refractivity contribution in [3.05, 3.63) is 88.4 Å². The summed E-state index contributed by atoms with van der Waals surface area (Å²) in [7, 11) is -4.11. The van der Waals surface area contributed by atoms with Crippen LogP contribution in [0.15, 0.2) is 65.6 Å². The molecule has 0 aliphatic carbocycles. The summed E-state index contributed by atoms with van der Waals surface area (Å²) < 4.78 is 54.3. The topological polar surface area (TPSA) is 66.5 Å². The predicted octanol–water partition coefficient (Wildman–Crippen LogP) is 5.07. The van der Waals surface area contributed by atoms with Crippen molar-refractivity contribution in [3.8, 4) is 0 Å². The average Bonchev–Trinajstić information content (AvgIpc) is 2.70. The summed E-state index contributed by atoms with van der Waals surface area (Å²) in [6.07, 6.45) is 0. The number of anilines is 2. The summed E-state index contributed by atoms with van der Waals surface area (Å²) in [5.74, 6) is -2.91. The molecule has 0 aliphatic rings. The minimum atomic E-state index is -4.11. The van der Waals surface area contributed by atoms with Crippen LogP contribution in [0.1, 0.15) is 11.1 Å². The van der Waals surface area contributed by atoms with Crippen LogP contribution in [-0.4, -0.2) is 20.9 Å². The van der Waals surface area contributed by atoms with Crippen LogP contribution in [0, 0.1) is 25.5 Å². The second-order valence-electron chi connectivity index (χ2n) is 6.93. The zero-order chi connectivity index (χ0) is 22.8. The van der Waals surface area contributed by atoms with Crippen LogP contribution in [0.5, 0.6) is 0 Å². The number of hydrogen-bond acceptors (Lipinski definition) is 3. The number of aryl methyl sites for hydroxylation is 2. The number of benzene rings is 3. The van der Waals surface area contributed by atoms with Gasteiger partial charge in [-0.2, -0.15) is 0 Å². The van der Waals surface area contributed by atoms with Crippen LogP contribution in [0.3, 0.4) is 0 Å². The molecule has 0 fully saturated rings. The van der Waals surface area contributed by atoms with Gasteiger partial charge in [-0.05, 0) is 61.9 Å². The lowest BCUT2D eigenvalue weighted by atomic mass is 10.2. The van der Waals surface area contributed by atoms with E-state index in [2.05, 4.69) is 5.32 Å². The number of hydrogen-bond donors (Lipinski definition) is 1. The van der Waals surface area contributed by atoms with Gasteiger partial charge < -0.3 is 5.32 Å². The van der Waals surface area contributed by atoms with Gasteiger partial charge in [-0.25, -0.2) is 17.2 Å². The molecule has 0 heterocycles. The Hall–Kier alpha value is -2.97. The molecule has 0 atom stereocenters. The smallest absolute Gasteiger partial charge is 0.264 e. The molecule has 0 saturated heterocycles. The van der Waals surface area contributed by atoms with Crippen molar-refractivity contribution in [1.29, 1.82) is 0 Å². The predicted molar refractivity (Wildman–Crippen MR) is 117 cm³/mol. The zero-order valence-electron chi connectivity index (χ0n) is 16.7. The Labute approximate surface area is 184 Å². The number of sulfonamides is 1. The van der Waals surface area contributed by atoms with E-state index in [1.165, 1.54) is 30.3 Å². The molecular weight excluding hydrogens is 446 g/mol. The highest BCUT2D eigenvalue weighted by atomic mass is 35.5. The zero-order valence-corrected chi connectivity index (χ0v) is 18.3. The maximum atomic E-state index is 13.4. The van der Waals surface area contributed by atoms with Gasteiger partial charge in [0.15, 0.2) is 11.6 Å². The first-order valence-corrected chi connectivity index (χ1v) is 11.0. The monoisotopic (exact) mass is 464 g/mol. The molecule has 0 unspecified atom stereocenters. The van der Waals surface area contributed by atoms with E-state index in [4.69, 9.17) is 11.6 Å². The van der Waals surface area contributed by atoms with Crippen molar-refractivity contribution in [2.24, 2.45) is 0 Å². The highest BCUT2D eigenvalue weighted by Crippen LogP contribution is 2.29. The van der Waals surface area contributed by atoms with E-state index in [0.29, 0.717) is 10.6 Å². The molecular formula is C22H19ClF2N2O3S. The molecule has 0 aliphatic heterocycles. The molecule has 31 heavy (non-hydrogen) atoms. The standard InChI is InChI=1S/C22H19ClF2N2O3S/c1-14-3-7-18(8-4-14)31(29,30)27(21-10-5-16(23)11-15(21)2)13-22(28)26-17-6-9-19(24)20(25)12-17/h3-12H,13H2,1-2H3,(H,26,28). The second kappa shape index (κ2) is 9.03. The van der Waals surface area contributed by atoms with E-state index in [0.717, 1.165) is 22.0 Å². The first-order chi connectivity index (χ1) is 14.6. The normalized spacial score (nSPS) is 11.3. The van der Waals surface area contributed by atoms with Gasteiger partial charge in [0, 0.05) is 16.8 Å². The summed E-state index contributed by atoms with van der Waals surface area (Å²) in [6.45, 7) is 2.91. The van der Waals surface area contributed by atoms with E-state index in [1.54, 1.807) is 25.1 Å². The summed E-state index contributed by atoms with van der Waals surface area (Å²) in [4.78, 5) is 12.7. The number of halogens is 3. The molecule has 3 rings (SSSR count). The Balaban J connectivity index is 1.98. The Kier molecular flexibility index (Phi) is 6.62. The van der Waals surface area contributed by atoms with Gasteiger partial charge in [0.2, 0.25) is 5.91 Å². The first-order valence-electron chi connectivity index (χ1n) is 9.18. The molecule has 0 saturated carbocycles. The molecule has 0 aromatic heterocycles. The average molecular weight is 465 g/mol. The van der Waals surface area contributed by atoms with Gasteiger partial charge in [-0.3, -0.25) is 9.10 Å². The molecule has 1 N–H and O–H groups in total. The van der Waals surface area contributed by atoms with E-state index < -0.39 is 34.1 Å². The van der Waals surface area contributed by atoms with Crippen LogP contribution in [0.4, 0.5) is 20.2 Å². The van der Waals surface area contributed by atoms with E-state index >= 15 is 0 Å². The molecule has 0 radical (unpaired) electrons. The molecule has 3 aromatic rings. The number of carbonyl (C=O) groups excluding carboxylic acids is 1. The molecule has 5 nitrogen and oxygen atoms in total. The summed E-state index contributed by atoms with van der Waals surface area (Å²) in [5.41, 5.74) is 1.70. The quantitative estimate of drug-likeness (QED) is 0.554. The van der Waals surface area contributed by atoms with Crippen LogP contribution in [-0.2, 0) is 14.8 Å². The van der Waals surface area contributed by atoms with Crippen LogP contribution in [0.25, 0.3) is 0 Å². The van der Waals surface area contributed by atoms with Crippen LogP contribution < -0.4 is 9.62 Å². The molecule has 1 amide bonds. The highest BCUT2D eigenvalue weighted by molar-refractivity contribution is 7.92. The van der Waals surface area contributed by atoms with Gasteiger partial charge in [-0.1, -0.05) is 29.3 Å². The van der Waals surface area contributed by atoms with Crippen molar-refractivity contribution in [3.63, 3.8) is 0 Å². The summed E-state index contributed by atoms with van der Waals surface area (Å²) in [6, 6.07) is 13.7. The van der Waals surface area contributed by atoms with Gasteiger partial charge in [-0.15, -0.1) is 0 Å². The SMILES string of the molecule is Cc1ccc(S(=O)(=O)N(CC(=O)Nc2ccc(F)c(F)c2)c2ccc(Cl)cc2C)cc1. The van der Waals surface area contributed by atoms with Crippen LogP contribution in [0.2, 0.25) is 5.02 Å². The lowest BCUT2D eigenvalue weighted by Crippen LogP contribution is -2.38. The Bertz CT molecular complexity index is 1230. The fourth-order valence-electron chi connectivity index (χ4n) is 2.94. The molecule has 3 aromatic carbocycles. The van der Waals surface area contributed by atoms with Gasteiger partial charge >= 0.3 is 0 Å². The Morgan fingerprint density at radius 3 is 2.26 bits per heavy atom. The lowest BCUT2D eigenvalue weighted by molar-refractivity contribution is -0.114. The number of nitrogens with one attached hydrogen (secondary N) is 1. The Morgan fingerprint density at radius 1 is 0.968 bits per heavy atom. The van der Waals surface area contributed by atoms with Crippen molar-refractivity contribution in [2.45, 2.75) is 18.7 Å². The minimum absolute atomic E-state index is 0.00409. The second-order valence-corrected chi connectivity index (χ2v) is 9.23. The number of carbonyl (C=O) groups is 1. The number of rotatable bonds is 6. The summed E-state index contributed by atoms with van der Waals surface area (Å²) >= 11 is 6.00. The fourth-order valence-corrected chi connectivity index (χ4v) is 4.65. The van der Waals surface area contributed by atoms with Gasteiger partial charge in [0.25, 0.3) is 10.0 Å². The summed E-state index contributed by atoms with van der Waals surface area (Å²) in [5, 5.41) is 2.81. The van der Waals surface area contributed by atoms with E-state index in [9.17, 15) is 22.0 Å². The third-order valence-electron chi connectivity index (χ3n) is 4.53. The number of nitrogens with zero attached hydrogens (tertiary/aromatic N) is 1. The van der Waals surface area contributed by atoms with Crippen molar-refractivity contribution in [1.82, 2.24) is 0 Å². The lowest BCUT2D eigenvalue weighted by Gasteiger charge is -2.26. The minimum Gasteiger partial charge on any atom is -0.324 e. The van der Waals surface area contributed by atoms with Crippen molar-refractivity contribution < 1.29 is 22.0 Å². The Morgan fingerprint density at radius 2 is 1.65 bits per heavy atom. The largest absolute Gasteiger partial charge is 0.324 e. The van der Waals surface area contributed by atoms with Crippen molar-refractivity contribution in [2.75, 3.05) is 16.2 Å². The maximum Gasteiger partial charge on any atom is 0.264 e. The third-order valence-corrected chi connectivity index (χ3v) is 6.54. The van der Waals surface area contributed by atoms with Gasteiger partial charge in [0.1, 0.15) is 6.54 Å². The highest BCUT2D eigenvalue weighted by Gasteiger charge is 2.28. The first kappa shape index (κ1) is 22.7. The van der Waals surface area contributed by atoms with Crippen molar-refractivity contribution >= 4 is 38.9 Å². The van der Waals surface area contributed by atoms with E-state index in [1.807, 2.05) is 6.92 Å².